The van der Waals surface area contributed by atoms with Gasteiger partial charge in [-0.1, -0.05) is 97.1 Å². The zero-order chi connectivity index (χ0) is 22.1. The summed E-state index contributed by atoms with van der Waals surface area (Å²) < 4.78 is 14.3. The van der Waals surface area contributed by atoms with Crippen molar-refractivity contribution in [3.05, 3.63) is 143 Å². The van der Waals surface area contributed by atoms with Crippen molar-refractivity contribution in [3.8, 4) is 33.8 Å². The van der Waals surface area contributed by atoms with E-state index in [9.17, 15) is 0 Å². The maximum absolute atomic E-state index is 7.17. The molecule has 0 amide bonds. The van der Waals surface area contributed by atoms with E-state index < -0.39 is 11.2 Å². The molecule has 0 fully saturated rings. The maximum Gasteiger partial charge on any atom is 0.186 e. The predicted molar refractivity (Wildman–Crippen MR) is 131 cm³/mol. The summed E-state index contributed by atoms with van der Waals surface area (Å²) in [5, 5.41) is 0. The Balaban J connectivity index is 1.59. The highest BCUT2D eigenvalue weighted by Gasteiger charge is 2.65. The van der Waals surface area contributed by atoms with E-state index in [1.807, 2.05) is 0 Å². The van der Waals surface area contributed by atoms with Crippen LogP contribution in [0, 0.1) is 0 Å². The largest absolute Gasteiger partial charge is 0.472 e. The van der Waals surface area contributed by atoms with E-state index in [1.165, 1.54) is 44.5 Å². The summed E-state index contributed by atoms with van der Waals surface area (Å²) >= 11 is 0. The molecule has 2 spiro atoms. The smallest absolute Gasteiger partial charge is 0.186 e. The molecule has 2 aliphatic heterocycles. The summed E-state index contributed by atoms with van der Waals surface area (Å²) in [5.74, 6) is 1.84. The van der Waals surface area contributed by atoms with Gasteiger partial charge in [0.05, 0.1) is 0 Å². The summed E-state index contributed by atoms with van der Waals surface area (Å²) in [6.07, 6.45) is 0. The number of hydrogen-bond donors (Lipinski definition) is 0. The van der Waals surface area contributed by atoms with Gasteiger partial charge in [-0.05, 0) is 23.3 Å². The molecule has 2 nitrogen and oxygen atoms in total. The van der Waals surface area contributed by atoms with Crippen LogP contribution < -0.4 is 9.47 Å². The Hall–Kier alpha value is -4.30. The van der Waals surface area contributed by atoms with E-state index >= 15 is 0 Å². The molecule has 0 saturated heterocycles. The second-order valence-corrected chi connectivity index (χ2v) is 9.56. The molecule has 5 aromatic carbocycles. The third kappa shape index (κ3) is 1.61. The number of hydrogen-bond acceptors (Lipinski definition) is 2. The molecule has 0 atom stereocenters. The van der Waals surface area contributed by atoms with Gasteiger partial charge in [-0.2, -0.15) is 0 Å². The predicted octanol–water partition coefficient (Wildman–Crippen LogP) is 7.02. The molecule has 5 aliphatic rings. The number of para-hydroxylation sites is 2. The molecule has 158 valence electrons. The van der Waals surface area contributed by atoms with Crippen LogP contribution in [0.15, 0.2) is 109 Å². The topological polar surface area (TPSA) is 18.5 Å². The van der Waals surface area contributed by atoms with Gasteiger partial charge in [0.25, 0.3) is 0 Å². The molecule has 5 aromatic rings. The van der Waals surface area contributed by atoms with Crippen molar-refractivity contribution in [2.75, 3.05) is 0 Å². The quantitative estimate of drug-likeness (QED) is 0.261. The first-order chi connectivity index (χ1) is 16.8. The van der Waals surface area contributed by atoms with Crippen LogP contribution >= 0.6 is 0 Å². The van der Waals surface area contributed by atoms with Crippen LogP contribution in [-0.2, 0) is 11.2 Å². The van der Waals surface area contributed by atoms with Crippen LogP contribution in [0.1, 0.15) is 33.4 Å². The van der Waals surface area contributed by atoms with Crippen LogP contribution in [0.5, 0.6) is 11.5 Å². The Morgan fingerprint density at radius 3 is 1.12 bits per heavy atom. The van der Waals surface area contributed by atoms with Crippen LogP contribution in [0.25, 0.3) is 22.3 Å². The summed E-state index contributed by atoms with van der Waals surface area (Å²) in [5.41, 5.74) is 10.5. The molecule has 3 aliphatic carbocycles. The van der Waals surface area contributed by atoms with E-state index in [4.69, 9.17) is 9.47 Å². The fraction of sp³-hybridized carbons (Fsp3) is 0.0625. The number of fused-ring (bicyclic) bond motifs is 4. The normalized spacial score (nSPS) is 22.8. The lowest BCUT2D eigenvalue weighted by molar-refractivity contribution is 0.0757. The number of rotatable bonds is 0. The summed E-state index contributed by atoms with van der Waals surface area (Å²) in [6, 6.07) is 38.8. The van der Waals surface area contributed by atoms with Crippen molar-refractivity contribution >= 4 is 0 Å². The maximum atomic E-state index is 7.17. The first-order valence-electron chi connectivity index (χ1n) is 11.8. The van der Waals surface area contributed by atoms with Gasteiger partial charge < -0.3 is 9.47 Å². The molecule has 10 rings (SSSR count). The van der Waals surface area contributed by atoms with Crippen molar-refractivity contribution in [2.24, 2.45) is 0 Å². The SMILES string of the molecule is c1ccc2c(c1)OC13c4ccccc4C4(Oc5ccccc5-c5ccc-2c1c54)c1ccccc13. The zero-order valence-electron chi connectivity index (χ0n) is 18.2. The van der Waals surface area contributed by atoms with Crippen molar-refractivity contribution in [2.45, 2.75) is 11.2 Å². The molecular formula is C32H18O2. The van der Waals surface area contributed by atoms with E-state index in [0.29, 0.717) is 0 Å². The van der Waals surface area contributed by atoms with Crippen molar-refractivity contribution < 1.29 is 9.47 Å². The van der Waals surface area contributed by atoms with E-state index in [-0.39, 0.29) is 0 Å². The molecule has 2 heteroatoms. The highest BCUT2D eigenvalue weighted by atomic mass is 16.5. The van der Waals surface area contributed by atoms with Gasteiger partial charge in [0.2, 0.25) is 0 Å². The van der Waals surface area contributed by atoms with Crippen LogP contribution in [0.4, 0.5) is 0 Å². The van der Waals surface area contributed by atoms with Gasteiger partial charge in [-0.15, -0.1) is 0 Å². The second kappa shape index (κ2) is 5.43. The minimum Gasteiger partial charge on any atom is -0.472 e. The van der Waals surface area contributed by atoms with Crippen LogP contribution in [0.2, 0.25) is 0 Å². The van der Waals surface area contributed by atoms with Crippen molar-refractivity contribution in [3.63, 3.8) is 0 Å². The lowest BCUT2D eigenvalue weighted by Crippen LogP contribution is -2.57. The van der Waals surface area contributed by atoms with Crippen LogP contribution in [0.3, 0.4) is 0 Å². The zero-order valence-corrected chi connectivity index (χ0v) is 18.2. The Kier molecular flexibility index (Phi) is 2.75. The molecule has 0 aromatic heterocycles. The molecule has 0 unspecified atom stereocenters. The highest BCUT2D eigenvalue weighted by Crippen LogP contribution is 2.69. The monoisotopic (exact) mass is 434 g/mol. The number of ether oxygens (including phenoxy) is 2. The second-order valence-electron chi connectivity index (χ2n) is 9.56. The van der Waals surface area contributed by atoms with E-state index in [0.717, 1.165) is 22.6 Å². The van der Waals surface area contributed by atoms with E-state index in [2.05, 4.69) is 109 Å². The first kappa shape index (κ1) is 17.2. The third-order valence-electron chi connectivity index (χ3n) is 8.16. The Morgan fingerprint density at radius 2 is 0.706 bits per heavy atom. The van der Waals surface area contributed by atoms with Crippen molar-refractivity contribution in [1.29, 1.82) is 0 Å². The van der Waals surface area contributed by atoms with Gasteiger partial charge in [-0.3, -0.25) is 0 Å². The number of benzene rings is 5. The molecule has 2 bridgehead atoms. The van der Waals surface area contributed by atoms with Crippen LogP contribution in [-0.4, -0.2) is 0 Å². The van der Waals surface area contributed by atoms with Gasteiger partial charge >= 0.3 is 0 Å². The summed E-state index contributed by atoms with van der Waals surface area (Å²) in [7, 11) is 0. The molecule has 34 heavy (non-hydrogen) atoms. The van der Waals surface area contributed by atoms with Gasteiger partial charge in [0.1, 0.15) is 11.5 Å². The summed E-state index contributed by atoms with van der Waals surface area (Å²) in [4.78, 5) is 0. The fourth-order valence-electron chi connectivity index (χ4n) is 7.01. The lowest BCUT2D eigenvalue weighted by Gasteiger charge is -2.58. The Bertz CT molecular complexity index is 1550. The minimum absolute atomic E-state index is 0.709. The minimum atomic E-state index is -0.709. The molecule has 0 radical (unpaired) electrons. The molecule has 2 heterocycles. The fourth-order valence-corrected chi connectivity index (χ4v) is 7.01. The van der Waals surface area contributed by atoms with E-state index in [1.54, 1.807) is 0 Å². The lowest BCUT2D eigenvalue weighted by atomic mass is 9.53. The molecular weight excluding hydrogens is 416 g/mol. The van der Waals surface area contributed by atoms with Gasteiger partial charge in [0.15, 0.2) is 11.2 Å². The Morgan fingerprint density at radius 1 is 0.353 bits per heavy atom. The third-order valence-corrected chi connectivity index (χ3v) is 8.16. The average Bonchev–Trinajstić information content (AvgIpc) is 2.91. The molecule has 0 saturated carbocycles. The average molecular weight is 434 g/mol. The van der Waals surface area contributed by atoms with Crippen molar-refractivity contribution in [1.82, 2.24) is 0 Å². The Labute approximate surface area is 197 Å². The van der Waals surface area contributed by atoms with Gasteiger partial charge in [0, 0.05) is 44.5 Å². The summed E-state index contributed by atoms with van der Waals surface area (Å²) in [6.45, 7) is 0. The highest BCUT2D eigenvalue weighted by molar-refractivity contribution is 5.93. The molecule has 0 N–H and O–H groups in total. The van der Waals surface area contributed by atoms with Gasteiger partial charge in [-0.25, -0.2) is 0 Å². The standard InChI is InChI=1S/C32H18O2/c1-7-15-27-19(9-1)21-17-18-22-20-10-2-8-16-28(20)34-32-25-13-5-3-11-23(25)31(33-27,29(21)30(22)32)24-12-4-6-14-26(24)32/h1-18H. The first-order valence-corrected chi connectivity index (χ1v) is 11.8.